The molecule has 0 spiro atoms. The lowest BCUT2D eigenvalue weighted by atomic mass is 9.85. The van der Waals surface area contributed by atoms with E-state index in [0.717, 1.165) is 11.7 Å². The van der Waals surface area contributed by atoms with Crippen LogP contribution in [-0.4, -0.2) is 0 Å². The van der Waals surface area contributed by atoms with Crippen LogP contribution in [0, 0.1) is 0 Å². The third-order valence-electron chi connectivity index (χ3n) is 7.07. The zero-order valence-corrected chi connectivity index (χ0v) is 24.3. The molecule has 0 N–H and O–H groups in total. The lowest BCUT2D eigenvalue weighted by Gasteiger charge is -2.18. The molecule has 0 saturated heterocycles. The molecule has 196 valence electrons. The molecule has 0 aromatic heterocycles. The van der Waals surface area contributed by atoms with Gasteiger partial charge < -0.3 is 0 Å². The fraction of sp³-hybridized carbons (Fsp3) is 0.0769. The van der Waals surface area contributed by atoms with Crippen molar-refractivity contribution in [3.63, 3.8) is 0 Å². The van der Waals surface area contributed by atoms with Crippen molar-refractivity contribution < 1.29 is 0 Å². The Kier molecular flexibility index (Phi) is 8.70. The fourth-order valence-electron chi connectivity index (χ4n) is 5.44. The summed E-state index contributed by atoms with van der Waals surface area (Å²) < 4.78 is 0. The first-order chi connectivity index (χ1) is 19.6. The molecule has 1 heteroatoms. The van der Waals surface area contributed by atoms with E-state index in [2.05, 4.69) is 142 Å². The first kappa shape index (κ1) is 27.3. The second-order valence-electron chi connectivity index (χ2n) is 9.93. The second-order valence-corrected chi connectivity index (χ2v) is 11.6. The normalized spacial score (nSPS) is 12.7. The summed E-state index contributed by atoms with van der Waals surface area (Å²) in [5, 5.41) is 7.52. The third kappa shape index (κ3) is 5.84. The van der Waals surface area contributed by atoms with Crippen LogP contribution >= 0.6 is 8.58 Å². The fourth-order valence-corrected chi connectivity index (χ4v) is 6.35. The van der Waals surface area contributed by atoms with Crippen LogP contribution < -0.4 is 0 Å². The van der Waals surface area contributed by atoms with Gasteiger partial charge in [0.2, 0.25) is 0 Å². The van der Waals surface area contributed by atoms with Crippen LogP contribution in [0.5, 0.6) is 0 Å². The second kappa shape index (κ2) is 12.7. The standard InChI is InChI=1S/C39H35P/c1-5-7-17-28(3)40-29(4)26-31(16-6-2)32-20-15-21-33(27-32)39-36-24-13-11-22-34(36)38(30-18-9-8-10-19-30)35-23-12-14-25-37(35)39/h5,7-27,40H,1,3,6H2,2,4H3/b17-7-,29-26+,31-16+. The van der Waals surface area contributed by atoms with E-state index in [1.165, 1.54) is 60.2 Å². The van der Waals surface area contributed by atoms with Crippen LogP contribution in [0.4, 0.5) is 0 Å². The first-order valence-electron chi connectivity index (χ1n) is 13.8. The Hall–Kier alpha value is -4.25. The number of allylic oxidation sites excluding steroid dienone is 8. The topological polar surface area (TPSA) is 0 Å². The lowest BCUT2D eigenvalue weighted by molar-refractivity contribution is 1.23. The van der Waals surface area contributed by atoms with Crippen LogP contribution in [0.1, 0.15) is 25.8 Å². The maximum Gasteiger partial charge on any atom is -0.00262 e. The molecule has 1 unspecified atom stereocenters. The predicted molar refractivity (Wildman–Crippen MR) is 181 cm³/mol. The van der Waals surface area contributed by atoms with Gasteiger partial charge in [0.25, 0.3) is 0 Å². The molecular weight excluding hydrogens is 499 g/mol. The molecule has 0 nitrogen and oxygen atoms in total. The summed E-state index contributed by atoms with van der Waals surface area (Å²) in [5.41, 5.74) is 7.55. The van der Waals surface area contributed by atoms with Crippen molar-refractivity contribution in [2.24, 2.45) is 0 Å². The summed E-state index contributed by atoms with van der Waals surface area (Å²) in [6, 6.07) is 37.5. The molecule has 0 amide bonds. The van der Waals surface area contributed by atoms with Gasteiger partial charge in [0, 0.05) is 0 Å². The minimum absolute atomic E-state index is 0.552. The highest BCUT2D eigenvalue weighted by Crippen LogP contribution is 2.44. The van der Waals surface area contributed by atoms with E-state index in [-0.39, 0.29) is 0 Å². The van der Waals surface area contributed by atoms with E-state index in [4.69, 9.17) is 0 Å². The van der Waals surface area contributed by atoms with Crippen molar-refractivity contribution in [3.05, 3.63) is 163 Å². The van der Waals surface area contributed by atoms with Crippen LogP contribution in [0.25, 0.3) is 49.4 Å². The van der Waals surface area contributed by atoms with E-state index < -0.39 is 0 Å². The number of fused-ring (bicyclic) bond motifs is 2. The van der Waals surface area contributed by atoms with Gasteiger partial charge in [-0.05, 0) is 85.0 Å². The predicted octanol–water partition coefficient (Wildman–Crippen LogP) is 12.0. The molecule has 5 aromatic carbocycles. The van der Waals surface area contributed by atoms with Crippen LogP contribution in [-0.2, 0) is 0 Å². The molecule has 0 saturated carbocycles. The minimum Gasteiger partial charge on any atom is -0.0991 e. The number of hydrogen-bond donors (Lipinski definition) is 0. The van der Waals surface area contributed by atoms with E-state index >= 15 is 0 Å². The number of hydrogen-bond acceptors (Lipinski definition) is 0. The quantitative estimate of drug-likeness (QED) is 0.100. The minimum atomic E-state index is 0.552. The molecule has 1 atom stereocenters. The SMILES string of the molecule is C=C/C=C\C(=C)P/C(C)=C/C(=C\CC)c1cccc(-c2c3ccccc3c(-c3ccccc3)c3ccccc23)c1. The van der Waals surface area contributed by atoms with Gasteiger partial charge in [-0.1, -0.05) is 156 Å². The Morgan fingerprint density at radius 1 is 0.725 bits per heavy atom. The zero-order chi connectivity index (χ0) is 27.9. The van der Waals surface area contributed by atoms with Gasteiger partial charge in [-0.15, -0.1) is 0 Å². The van der Waals surface area contributed by atoms with E-state index in [1.807, 2.05) is 12.2 Å². The molecular formula is C39H35P. The van der Waals surface area contributed by atoms with E-state index in [9.17, 15) is 0 Å². The van der Waals surface area contributed by atoms with Gasteiger partial charge >= 0.3 is 0 Å². The highest BCUT2D eigenvalue weighted by Gasteiger charge is 2.16. The number of benzene rings is 5. The number of rotatable bonds is 9. The Labute approximate surface area is 240 Å². The molecule has 0 aliphatic rings. The Morgan fingerprint density at radius 2 is 1.27 bits per heavy atom. The average Bonchev–Trinajstić information content (AvgIpc) is 2.99. The zero-order valence-electron chi connectivity index (χ0n) is 23.3. The smallest absolute Gasteiger partial charge is 0.00262 e. The Morgan fingerprint density at radius 3 is 1.85 bits per heavy atom. The van der Waals surface area contributed by atoms with Crippen molar-refractivity contribution in [1.29, 1.82) is 0 Å². The van der Waals surface area contributed by atoms with Crippen molar-refractivity contribution in [2.45, 2.75) is 20.3 Å². The molecule has 0 fully saturated rings. The largest absolute Gasteiger partial charge is 0.0991 e. The maximum atomic E-state index is 4.22. The van der Waals surface area contributed by atoms with Gasteiger partial charge in [-0.25, -0.2) is 0 Å². The van der Waals surface area contributed by atoms with E-state index in [1.54, 1.807) is 6.08 Å². The molecule has 0 radical (unpaired) electrons. The molecule has 40 heavy (non-hydrogen) atoms. The first-order valence-corrected chi connectivity index (χ1v) is 14.8. The van der Waals surface area contributed by atoms with Gasteiger partial charge in [0.1, 0.15) is 0 Å². The maximum absolute atomic E-state index is 4.22. The summed E-state index contributed by atoms with van der Waals surface area (Å²) in [5.74, 6) is 0. The molecule has 5 aromatic rings. The van der Waals surface area contributed by atoms with Crippen LogP contribution in [0.2, 0.25) is 0 Å². The summed E-state index contributed by atoms with van der Waals surface area (Å²) >= 11 is 0. The monoisotopic (exact) mass is 534 g/mol. The van der Waals surface area contributed by atoms with Gasteiger partial charge in [0.15, 0.2) is 0 Å². The van der Waals surface area contributed by atoms with Crippen molar-refractivity contribution in [2.75, 3.05) is 0 Å². The van der Waals surface area contributed by atoms with Crippen LogP contribution in [0.15, 0.2) is 157 Å². The van der Waals surface area contributed by atoms with Gasteiger partial charge in [-0.2, -0.15) is 0 Å². The third-order valence-corrected chi connectivity index (χ3v) is 8.09. The summed E-state index contributed by atoms with van der Waals surface area (Å²) in [6.07, 6.45) is 11.4. The molecule has 0 aliphatic carbocycles. The molecule has 0 heterocycles. The summed E-state index contributed by atoms with van der Waals surface area (Å²) in [7, 11) is 0.552. The van der Waals surface area contributed by atoms with Crippen molar-refractivity contribution in [1.82, 2.24) is 0 Å². The summed E-state index contributed by atoms with van der Waals surface area (Å²) in [6.45, 7) is 12.4. The Bertz CT molecular complexity index is 1720. The average molecular weight is 535 g/mol. The summed E-state index contributed by atoms with van der Waals surface area (Å²) in [4.78, 5) is 0. The van der Waals surface area contributed by atoms with Gasteiger partial charge in [0.05, 0.1) is 0 Å². The highest BCUT2D eigenvalue weighted by molar-refractivity contribution is 7.48. The van der Waals surface area contributed by atoms with Crippen molar-refractivity contribution >= 4 is 35.7 Å². The van der Waals surface area contributed by atoms with Crippen LogP contribution in [0.3, 0.4) is 0 Å². The highest BCUT2D eigenvalue weighted by atomic mass is 31.1. The van der Waals surface area contributed by atoms with Gasteiger partial charge in [-0.3, -0.25) is 0 Å². The van der Waals surface area contributed by atoms with E-state index in [0.29, 0.717) is 8.58 Å². The van der Waals surface area contributed by atoms with Crippen molar-refractivity contribution in [3.8, 4) is 22.3 Å². The molecule has 0 bridgehead atoms. The molecule has 0 aliphatic heterocycles. The Balaban J connectivity index is 1.68. The molecule has 5 rings (SSSR count). The lowest BCUT2D eigenvalue weighted by Crippen LogP contribution is -1.91.